The summed E-state index contributed by atoms with van der Waals surface area (Å²) < 4.78 is 12.6. The van der Waals surface area contributed by atoms with Crippen LogP contribution in [-0.2, 0) is 15.8 Å². The lowest BCUT2D eigenvalue weighted by Gasteiger charge is -2.30. The zero-order valence-electron chi connectivity index (χ0n) is 7.02. The molecule has 0 radical (unpaired) electrons. The van der Waals surface area contributed by atoms with Crippen LogP contribution in [0.1, 0.15) is 19.3 Å². The van der Waals surface area contributed by atoms with Gasteiger partial charge in [-0.25, -0.2) is 8.51 Å². The van der Waals surface area contributed by atoms with E-state index in [0.29, 0.717) is 13.0 Å². The molecule has 1 heterocycles. The number of carbonyl (C=O) groups is 1. The monoisotopic (exact) mass is 191 g/mol. The molecule has 0 aromatic rings. The van der Waals surface area contributed by atoms with Gasteiger partial charge in [0.25, 0.3) is 0 Å². The van der Waals surface area contributed by atoms with Crippen molar-refractivity contribution in [2.45, 2.75) is 25.3 Å². The average molecular weight is 191 g/mol. The van der Waals surface area contributed by atoms with Crippen LogP contribution in [-0.4, -0.2) is 38.4 Å². The molecule has 12 heavy (non-hydrogen) atoms. The summed E-state index contributed by atoms with van der Waals surface area (Å²) in [7, 11) is -1.15. The molecule has 1 N–H and O–H groups in total. The number of aliphatic carboxylic acids is 1. The van der Waals surface area contributed by atoms with Gasteiger partial charge in [-0.15, -0.1) is 0 Å². The molecule has 2 atom stereocenters. The first kappa shape index (κ1) is 9.67. The molecule has 1 saturated heterocycles. The minimum atomic E-state index is -1.15. The first-order valence-electron chi connectivity index (χ1n) is 3.96. The van der Waals surface area contributed by atoms with E-state index in [4.69, 9.17) is 5.11 Å². The number of rotatable bonds is 2. The maximum Gasteiger partial charge on any atom is 0.321 e. The number of carboxylic acids is 1. The molecular formula is C7H13NO3S. The van der Waals surface area contributed by atoms with E-state index in [1.807, 2.05) is 0 Å². The highest BCUT2D eigenvalue weighted by Crippen LogP contribution is 2.17. The highest BCUT2D eigenvalue weighted by Gasteiger charge is 2.30. The standard InChI is InChI=1S/C7H13NO3S/c1-12(11)8-5-3-2-4-6(8)7(9)10/h6H,2-5H2,1H3,(H,9,10)/t6-,12?/m1/s1. The van der Waals surface area contributed by atoms with Gasteiger partial charge in [0.2, 0.25) is 0 Å². The van der Waals surface area contributed by atoms with Crippen LogP contribution in [0.15, 0.2) is 0 Å². The van der Waals surface area contributed by atoms with Crippen molar-refractivity contribution in [2.75, 3.05) is 12.8 Å². The molecule has 0 bridgehead atoms. The van der Waals surface area contributed by atoms with E-state index >= 15 is 0 Å². The Labute approximate surface area is 74.1 Å². The smallest absolute Gasteiger partial charge is 0.321 e. The summed E-state index contributed by atoms with van der Waals surface area (Å²) in [5.41, 5.74) is 0. The van der Waals surface area contributed by atoms with Gasteiger partial charge in [-0.1, -0.05) is 0 Å². The van der Waals surface area contributed by atoms with Crippen LogP contribution in [0, 0.1) is 0 Å². The molecular weight excluding hydrogens is 178 g/mol. The fourth-order valence-electron chi connectivity index (χ4n) is 1.46. The van der Waals surface area contributed by atoms with E-state index < -0.39 is 23.0 Å². The first-order valence-corrected chi connectivity index (χ1v) is 5.47. The third kappa shape index (κ3) is 2.04. The van der Waals surface area contributed by atoms with Crippen molar-refractivity contribution in [3.8, 4) is 0 Å². The van der Waals surface area contributed by atoms with Crippen molar-refractivity contribution in [1.82, 2.24) is 4.31 Å². The van der Waals surface area contributed by atoms with Gasteiger partial charge < -0.3 is 5.11 Å². The molecule has 1 unspecified atom stereocenters. The lowest BCUT2D eigenvalue weighted by molar-refractivity contribution is -0.142. The predicted octanol–water partition coefficient (Wildman–Crippen LogP) is 0.219. The molecule has 0 amide bonds. The largest absolute Gasteiger partial charge is 0.480 e. The molecule has 0 spiro atoms. The molecule has 0 aliphatic carbocycles. The van der Waals surface area contributed by atoms with Crippen molar-refractivity contribution in [3.63, 3.8) is 0 Å². The lowest BCUT2D eigenvalue weighted by Crippen LogP contribution is -2.45. The van der Waals surface area contributed by atoms with Crippen LogP contribution < -0.4 is 0 Å². The van der Waals surface area contributed by atoms with Gasteiger partial charge in [0.15, 0.2) is 0 Å². The summed E-state index contributed by atoms with van der Waals surface area (Å²) in [6.07, 6.45) is 4.02. The Morgan fingerprint density at radius 3 is 2.67 bits per heavy atom. The fraction of sp³-hybridized carbons (Fsp3) is 0.857. The molecule has 0 aromatic carbocycles. The fourth-order valence-corrected chi connectivity index (χ4v) is 2.40. The SMILES string of the molecule is CS(=O)N1CCCC[C@@H]1C(=O)O. The van der Waals surface area contributed by atoms with E-state index in [2.05, 4.69) is 0 Å². The predicted molar refractivity (Wildman–Crippen MR) is 46.0 cm³/mol. The van der Waals surface area contributed by atoms with Crippen molar-refractivity contribution in [3.05, 3.63) is 0 Å². The maximum absolute atomic E-state index is 11.1. The number of hydrogen-bond acceptors (Lipinski definition) is 2. The average Bonchev–Trinajstić information content (AvgIpc) is 2.04. The van der Waals surface area contributed by atoms with Gasteiger partial charge in [0, 0.05) is 12.8 Å². The van der Waals surface area contributed by atoms with Crippen LogP contribution in [0.5, 0.6) is 0 Å². The van der Waals surface area contributed by atoms with Crippen molar-refractivity contribution in [2.24, 2.45) is 0 Å². The Morgan fingerprint density at radius 1 is 1.58 bits per heavy atom. The summed E-state index contributed by atoms with van der Waals surface area (Å²) in [6, 6.07) is -0.537. The number of hydrogen-bond donors (Lipinski definition) is 1. The Kier molecular flexibility index (Phi) is 3.22. The molecule has 0 saturated carbocycles. The second-order valence-electron chi connectivity index (χ2n) is 2.91. The summed E-state index contributed by atoms with van der Waals surface area (Å²) in [6.45, 7) is 0.639. The quantitative estimate of drug-likeness (QED) is 0.679. The lowest BCUT2D eigenvalue weighted by atomic mass is 10.1. The molecule has 1 aliphatic rings. The second kappa shape index (κ2) is 4.00. The van der Waals surface area contributed by atoms with Gasteiger partial charge in [0.1, 0.15) is 6.04 Å². The molecule has 1 fully saturated rings. The Morgan fingerprint density at radius 2 is 2.25 bits per heavy atom. The third-order valence-corrected chi connectivity index (χ3v) is 3.17. The zero-order chi connectivity index (χ0) is 9.14. The minimum Gasteiger partial charge on any atom is -0.480 e. The van der Waals surface area contributed by atoms with Gasteiger partial charge in [-0.05, 0) is 19.3 Å². The van der Waals surface area contributed by atoms with Crippen LogP contribution in [0.25, 0.3) is 0 Å². The van der Waals surface area contributed by atoms with Gasteiger partial charge in [-0.3, -0.25) is 4.79 Å². The summed E-state index contributed by atoms with van der Waals surface area (Å²) in [5, 5.41) is 8.78. The normalized spacial score (nSPS) is 28.2. The molecule has 0 aromatic heterocycles. The molecule has 1 aliphatic heterocycles. The van der Waals surface area contributed by atoms with E-state index in [9.17, 15) is 9.00 Å². The number of piperidine rings is 1. The highest BCUT2D eigenvalue weighted by molar-refractivity contribution is 7.81. The number of carboxylic acid groups (broad SMARTS) is 1. The van der Waals surface area contributed by atoms with Gasteiger partial charge in [-0.2, -0.15) is 0 Å². The van der Waals surface area contributed by atoms with E-state index in [1.54, 1.807) is 4.31 Å². The van der Waals surface area contributed by atoms with Gasteiger partial charge >= 0.3 is 5.97 Å². The van der Waals surface area contributed by atoms with E-state index in [1.165, 1.54) is 6.26 Å². The summed E-state index contributed by atoms with van der Waals surface area (Å²) in [5.74, 6) is -0.857. The van der Waals surface area contributed by atoms with Crippen molar-refractivity contribution in [1.29, 1.82) is 0 Å². The Hall–Kier alpha value is -0.420. The number of nitrogens with zero attached hydrogens (tertiary/aromatic N) is 1. The summed E-state index contributed by atoms with van der Waals surface area (Å²) in [4.78, 5) is 10.7. The first-order chi connectivity index (χ1) is 5.63. The van der Waals surface area contributed by atoms with Crippen LogP contribution >= 0.6 is 0 Å². The van der Waals surface area contributed by atoms with E-state index in [-0.39, 0.29) is 0 Å². The zero-order valence-corrected chi connectivity index (χ0v) is 7.84. The molecule has 70 valence electrons. The minimum absolute atomic E-state index is 0.537. The summed E-state index contributed by atoms with van der Waals surface area (Å²) >= 11 is 0. The van der Waals surface area contributed by atoms with Crippen LogP contribution in [0.2, 0.25) is 0 Å². The van der Waals surface area contributed by atoms with Crippen LogP contribution in [0.4, 0.5) is 0 Å². The third-order valence-electron chi connectivity index (χ3n) is 2.07. The van der Waals surface area contributed by atoms with E-state index in [0.717, 1.165) is 12.8 Å². The highest BCUT2D eigenvalue weighted by atomic mass is 32.2. The van der Waals surface area contributed by atoms with Crippen molar-refractivity contribution < 1.29 is 14.1 Å². The molecule has 4 nitrogen and oxygen atoms in total. The van der Waals surface area contributed by atoms with Crippen molar-refractivity contribution >= 4 is 17.0 Å². The molecule has 5 heteroatoms. The van der Waals surface area contributed by atoms with Gasteiger partial charge in [0.05, 0.1) is 11.0 Å². The molecule has 1 rings (SSSR count). The van der Waals surface area contributed by atoms with Crippen LogP contribution in [0.3, 0.4) is 0 Å². The maximum atomic E-state index is 11.1. The Bertz CT molecular complexity index is 185. The second-order valence-corrected chi connectivity index (χ2v) is 4.23. The Balaban J connectivity index is 2.67. The topological polar surface area (TPSA) is 57.6 Å².